The van der Waals surface area contributed by atoms with Gasteiger partial charge < -0.3 is 9.80 Å². The van der Waals surface area contributed by atoms with Gasteiger partial charge in [-0.25, -0.2) is 0 Å². The van der Waals surface area contributed by atoms with Crippen molar-refractivity contribution in [3.63, 3.8) is 0 Å². The molecule has 9 aromatic carbocycles. The van der Waals surface area contributed by atoms with Crippen LogP contribution in [-0.4, -0.2) is 6.71 Å². The molecule has 0 unspecified atom stereocenters. The molecule has 0 spiro atoms. The Hall–Kier alpha value is -6.84. The smallest absolute Gasteiger partial charge is 0.248 e. The molecule has 0 amide bonds. The fraction of sp³-hybridized carbons (Fsp3) is 0.153. The molecule has 0 fully saturated rings. The highest BCUT2D eigenvalue weighted by Crippen LogP contribution is 2.63. The van der Waals surface area contributed by atoms with E-state index in [1.54, 1.807) is 0 Å². The summed E-state index contributed by atoms with van der Waals surface area (Å²) in [5.74, 6) is 0. The van der Waals surface area contributed by atoms with E-state index in [1.165, 1.54) is 133 Å². The van der Waals surface area contributed by atoms with Crippen molar-refractivity contribution < 1.29 is 0 Å². The summed E-state index contributed by atoms with van der Waals surface area (Å²) in [6.45, 7) is 16.5. The fourth-order valence-corrected chi connectivity index (χ4v) is 12.7. The standard InChI is InChI=1S/C59H47BN2/c1-34-29-35(2)54(36(3)30-34)60-47-28-27-46-53(42-22-13-15-24-44(42)59(46,6)7)56(47)62-50-32-38-18-9-8-17-37(38)31-49(50)61(51-33-39-19-10-11-20-40(39)55(60)57(51)62)48-26-16-25-45-52(48)41-21-12-14-23-43(41)58(45,4)5/h8-33H,1-7H3. The molecule has 62 heavy (non-hydrogen) atoms. The molecule has 0 bridgehead atoms. The predicted molar refractivity (Wildman–Crippen MR) is 265 cm³/mol. The zero-order valence-electron chi connectivity index (χ0n) is 36.5. The van der Waals surface area contributed by atoms with Crippen LogP contribution in [0, 0.1) is 20.8 Å². The summed E-state index contributed by atoms with van der Waals surface area (Å²) in [5.41, 5.74) is 26.2. The molecule has 0 N–H and O–H groups in total. The molecule has 0 atom stereocenters. The number of benzene rings is 9. The third-order valence-electron chi connectivity index (χ3n) is 15.3. The van der Waals surface area contributed by atoms with Gasteiger partial charge in [-0.15, -0.1) is 0 Å². The minimum absolute atomic E-state index is 0.00659. The van der Waals surface area contributed by atoms with E-state index in [0.29, 0.717) is 0 Å². The van der Waals surface area contributed by atoms with Crippen LogP contribution in [-0.2, 0) is 10.8 Å². The number of aryl methyl sites for hydroxylation is 3. The van der Waals surface area contributed by atoms with Gasteiger partial charge in [-0.1, -0.05) is 183 Å². The highest BCUT2D eigenvalue weighted by atomic mass is 15.3. The molecule has 296 valence electrons. The van der Waals surface area contributed by atoms with E-state index < -0.39 is 0 Å². The Morgan fingerprint density at radius 2 is 0.935 bits per heavy atom. The van der Waals surface area contributed by atoms with Crippen molar-refractivity contribution in [2.24, 2.45) is 0 Å². The van der Waals surface area contributed by atoms with Gasteiger partial charge in [0.15, 0.2) is 0 Å². The Balaban J connectivity index is 1.25. The molecular formula is C59H47BN2. The summed E-state index contributed by atoms with van der Waals surface area (Å²) in [6.07, 6.45) is 0. The van der Waals surface area contributed by atoms with Crippen LogP contribution in [0.3, 0.4) is 0 Å². The number of hydrogen-bond donors (Lipinski definition) is 0. The average Bonchev–Trinajstić information content (AvgIpc) is 3.65. The van der Waals surface area contributed by atoms with Gasteiger partial charge in [0.05, 0.1) is 28.4 Å². The number of rotatable bonds is 2. The second-order valence-electron chi connectivity index (χ2n) is 19.5. The van der Waals surface area contributed by atoms with Crippen molar-refractivity contribution in [2.45, 2.75) is 59.3 Å². The third-order valence-corrected chi connectivity index (χ3v) is 15.3. The normalized spacial score (nSPS) is 15.5. The van der Waals surface area contributed by atoms with Crippen molar-refractivity contribution in [1.82, 2.24) is 0 Å². The summed E-state index contributed by atoms with van der Waals surface area (Å²) < 4.78 is 0. The number of anilines is 6. The van der Waals surface area contributed by atoms with Crippen LogP contribution in [0.4, 0.5) is 34.1 Å². The maximum absolute atomic E-state index is 2.72. The Morgan fingerprint density at radius 3 is 1.61 bits per heavy atom. The molecule has 2 aliphatic carbocycles. The van der Waals surface area contributed by atoms with Crippen molar-refractivity contribution in [1.29, 1.82) is 0 Å². The van der Waals surface area contributed by atoms with Gasteiger partial charge in [0.2, 0.25) is 6.71 Å². The zero-order chi connectivity index (χ0) is 42.0. The largest absolute Gasteiger partial charge is 0.307 e. The number of hydrogen-bond acceptors (Lipinski definition) is 2. The first-order valence-electron chi connectivity index (χ1n) is 22.3. The molecule has 0 aromatic heterocycles. The molecule has 2 nitrogen and oxygen atoms in total. The van der Waals surface area contributed by atoms with E-state index in [9.17, 15) is 0 Å². The predicted octanol–water partition coefficient (Wildman–Crippen LogP) is 13.6. The lowest BCUT2D eigenvalue weighted by Crippen LogP contribution is -2.59. The Morgan fingerprint density at radius 1 is 0.403 bits per heavy atom. The van der Waals surface area contributed by atoms with Crippen LogP contribution in [0.25, 0.3) is 43.8 Å². The summed E-state index contributed by atoms with van der Waals surface area (Å²) in [6, 6.07) is 60.7. The van der Waals surface area contributed by atoms with Gasteiger partial charge in [-0.2, -0.15) is 0 Å². The molecule has 0 saturated carbocycles. The maximum Gasteiger partial charge on any atom is 0.248 e. The first-order chi connectivity index (χ1) is 30.0. The second kappa shape index (κ2) is 12.2. The SMILES string of the molecule is Cc1cc(C)c(B2c3ccc4c(c3N3c5cc6ccccc6cc5N(c5cccc6c5-c5ccccc5C6(C)C)c5cc6ccccc6c2c53)-c2ccccc2C4(C)C)c(C)c1. The van der Waals surface area contributed by atoms with E-state index >= 15 is 0 Å². The highest BCUT2D eigenvalue weighted by molar-refractivity contribution is 7.00. The van der Waals surface area contributed by atoms with Crippen LogP contribution in [0.2, 0.25) is 0 Å². The molecule has 2 heterocycles. The molecule has 0 saturated heterocycles. The van der Waals surface area contributed by atoms with Gasteiger partial charge in [0.25, 0.3) is 0 Å². The van der Waals surface area contributed by atoms with E-state index in [4.69, 9.17) is 0 Å². The van der Waals surface area contributed by atoms with Crippen molar-refractivity contribution in [2.75, 3.05) is 9.80 Å². The van der Waals surface area contributed by atoms with Gasteiger partial charge in [-0.3, -0.25) is 0 Å². The van der Waals surface area contributed by atoms with Gasteiger partial charge in [0.1, 0.15) is 0 Å². The zero-order valence-corrected chi connectivity index (χ0v) is 36.5. The van der Waals surface area contributed by atoms with Gasteiger partial charge >= 0.3 is 0 Å². The molecular weight excluding hydrogens is 747 g/mol. The summed E-state index contributed by atoms with van der Waals surface area (Å²) in [4.78, 5) is 5.37. The summed E-state index contributed by atoms with van der Waals surface area (Å²) in [7, 11) is 0. The summed E-state index contributed by atoms with van der Waals surface area (Å²) in [5, 5.41) is 5.04. The van der Waals surface area contributed by atoms with Crippen LogP contribution in [0.1, 0.15) is 66.6 Å². The lowest BCUT2D eigenvalue weighted by atomic mass is 9.33. The lowest BCUT2D eigenvalue weighted by Gasteiger charge is -2.47. The molecule has 4 aliphatic rings. The van der Waals surface area contributed by atoms with Crippen LogP contribution in [0.5, 0.6) is 0 Å². The maximum atomic E-state index is 2.72. The molecule has 0 radical (unpaired) electrons. The average molecular weight is 795 g/mol. The quantitative estimate of drug-likeness (QED) is 0.161. The van der Waals surface area contributed by atoms with E-state index in [-0.39, 0.29) is 17.5 Å². The van der Waals surface area contributed by atoms with Gasteiger partial charge in [-0.05, 0) is 111 Å². The fourth-order valence-electron chi connectivity index (χ4n) is 12.7. The topological polar surface area (TPSA) is 6.48 Å². The van der Waals surface area contributed by atoms with Crippen LogP contribution < -0.4 is 26.2 Å². The van der Waals surface area contributed by atoms with Crippen molar-refractivity contribution >= 4 is 78.8 Å². The Kier molecular flexibility index (Phi) is 7.04. The highest BCUT2D eigenvalue weighted by Gasteiger charge is 2.49. The third kappa shape index (κ3) is 4.46. The van der Waals surface area contributed by atoms with E-state index in [2.05, 4.69) is 216 Å². The molecule has 9 aromatic rings. The van der Waals surface area contributed by atoms with E-state index in [1.807, 2.05) is 0 Å². The number of nitrogens with zero attached hydrogens (tertiary/aromatic N) is 2. The minimum atomic E-state index is -0.155. The minimum Gasteiger partial charge on any atom is -0.307 e. The Bertz CT molecular complexity index is 3460. The van der Waals surface area contributed by atoms with Gasteiger partial charge in [0, 0.05) is 27.6 Å². The second-order valence-corrected chi connectivity index (χ2v) is 19.5. The Labute approximate surface area is 365 Å². The van der Waals surface area contributed by atoms with Crippen molar-refractivity contribution in [3.05, 3.63) is 197 Å². The van der Waals surface area contributed by atoms with Crippen LogP contribution in [0.15, 0.2) is 158 Å². The number of fused-ring (bicyclic) bond motifs is 14. The first-order valence-corrected chi connectivity index (χ1v) is 22.3. The molecule has 3 heteroatoms. The lowest BCUT2D eigenvalue weighted by molar-refractivity contribution is 0.660. The van der Waals surface area contributed by atoms with E-state index in [0.717, 1.165) is 0 Å². The monoisotopic (exact) mass is 794 g/mol. The molecule has 13 rings (SSSR count). The van der Waals surface area contributed by atoms with Crippen LogP contribution >= 0.6 is 0 Å². The van der Waals surface area contributed by atoms with Crippen molar-refractivity contribution in [3.8, 4) is 22.3 Å². The molecule has 2 aliphatic heterocycles. The first kappa shape index (κ1) is 35.9. The summed E-state index contributed by atoms with van der Waals surface area (Å²) >= 11 is 0.